The van der Waals surface area contributed by atoms with Crippen molar-refractivity contribution in [2.45, 2.75) is 18.8 Å². The van der Waals surface area contributed by atoms with E-state index in [4.69, 9.17) is 0 Å². The number of carbonyl (C=O) groups is 1. The molecule has 6 nitrogen and oxygen atoms in total. The Bertz CT molecular complexity index is 922. The first-order chi connectivity index (χ1) is 12.6. The van der Waals surface area contributed by atoms with Crippen molar-refractivity contribution in [3.05, 3.63) is 59.6 Å². The highest BCUT2D eigenvalue weighted by Gasteiger charge is 2.27. The standard InChI is InChI=1S/C18H17F2N5O/c19-13-4-3-11(8-14(13)20)18(26)25-7-1-2-12(10-25)15-9-16(24-23-15)17-21-5-6-22-17/h3-6,8-9,12H,1-2,7,10H2,(H,21,22)(H,23,24). The van der Waals surface area contributed by atoms with Crippen molar-refractivity contribution in [2.24, 2.45) is 0 Å². The van der Waals surface area contributed by atoms with Crippen molar-refractivity contribution in [3.63, 3.8) is 0 Å². The molecule has 2 aromatic heterocycles. The van der Waals surface area contributed by atoms with E-state index in [1.807, 2.05) is 6.07 Å². The smallest absolute Gasteiger partial charge is 0.253 e. The molecule has 4 rings (SSSR count). The fraction of sp³-hybridized carbons (Fsp3) is 0.278. The average Bonchev–Trinajstić information content (AvgIpc) is 3.35. The quantitative estimate of drug-likeness (QED) is 0.756. The molecule has 1 aromatic carbocycles. The normalized spacial score (nSPS) is 17.5. The zero-order chi connectivity index (χ0) is 18.1. The van der Waals surface area contributed by atoms with Crippen LogP contribution in [0.3, 0.4) is 0 Å². The molecule has 0 saturated carbocycles. The highest BCUT2D eigenvalue weighted by Crippen LogP contribution is 2.28. The van der Waals surface area contributed by atoms with E-state index in [0.717, 1.165) is 30.7 Å². The van der Waals surface area contributed by atoms with Crippen LogP contribution in [0.15, 0.2) is 36.7 Å². The third kappa shape index (κ3) is 3.10. The first-order valence-electron chi connectivity index (χ1n) is 8.41. The minimum Gasteiger partial charge on any atom is -0.343 e. The molecular formula is C18H17F2N5O. The third-order valence-electron chi connectivity index (χ3n) is 4.65. The van der Waals surface area contributed by atoms with Crippen LogP contribution < -0.4 is 0 Å². The van der Waals surface area contributed by atoms with Gasteiger partial charge in [0.25, 0.3) is 5.91 Å². The van der Waals surface area contributed by atoms with Crippen molar-refractivity contribution in [3.8, 4) is 11.5 Å². The van der Waals surface area contributed by atoms with Gasteiger partial charge in [-0.25, -0.2) is 13.8 Å². The van der Waals surface area contributed by atoms with Crippen LogP contribution in [0, 0.1) is 11.6 Å². The second kappa shape index (κ2) is 6.70. The molecule has 134 valence electrons. The number of rotatable bonds is 3. The molecule has 0 aliphatic carbocycles. The molecule has 2 N–H and O–H groups in total. The van der Waals surface area contributed by atoms with Crippen molar-refractivity contribution in [1.82, 2.24) is 25.1 Å². The minimum atomic E-state index is -1.01. The van der Waals surface area contributed by atoms with Crippen LogP contribution in [-0.2, 0) is 0 Å². The van der Waals surface area contributed by atoms with Crippen LogP contribution in [0.5, 0.6) is 0 Å². The molecule has 26 heavy (non-hydrogen) atoms. The summed E-state index contributed by atoms with van der Waals surface area (Å²) >= 11 is 0. The van der Waals surface area contributed by atoms with Crippen LogP contribution >= 0.6 is 0 Å². The number of likely N-dealkylation sites (tertiary alicyclic amines) is 1. The molecule has 1 unspecified atom stereocenters. The zero-order valence-electron chi connectivity index (χ0n) is 13.9. The van der Waals surface area contributed by atoms with Gasteiger partial charge in [-0.05, 0) is 37.1 Å². The number of nitrogens with one attached hydrogen (secondary N) is 2. The summed E-state index contributed by atoms with van der Waals surface area (Å²) in [6, 6.07) is 5.17. The number of carbonyl (C=O) groups excluding carboxylic acids is 1. The van der Waals surface area contributed by atoms with Gasteiger partial charge in [-0.15, -0.1) is 0 Å². The number of imidazole rings is 1. The Balaban J connectivity index is 1.50. The molecule has 1 aliphatic rings. The number of amides is 1. The fourth-order valence-electron chi connectivity index (χ4n) is 3.30. The SMILES string of the molecule is O=C(c1ccc(F)c(F)c1)N1CCCC(c2cc(-c3ncc[nH]3)n[nH]2)C1. The van der Waals surface area contributed by atoms with Crippen molar-refractivity contribution >= 4 is 5.91 Å². The van der Waals surface area contributed by atoms with Crippen LogP contribution in [0.4, 0.5) is 8.78 Å². The van der Waals surface area contributed by atoms with Crippen LogP contribution in [-0.4, -0.2) is 44.1 Å². The number of piperidine rings is 1. The Kier molecular flexibility index (Phi) is 4.24. The monoisotopic (exact) mass is 357 g/mol. The Labute approximate surface area is 148 Å². The maximum absolute atomic E-state index is 13.4. The number of aromatic nitrogens is 4. The summed E-state index contributed by atoms with van der Waals surface area (Å²) < 4.78 is 26.5. The molecule has 1 fully saturated rings. The Morgan fingerprint density at radius 3 is 2.88 bits per heavy atom. The maximum Gasteiger partial charge on any atom is 0.253 e. The molecule has 0 bridgehead atoms. The van der Waals surface area contributed by atoms with Crippen LogP contribution in [0.25, 0.3) is 11.5 Å². The van der Waals surface area contributed by atoms with Gasteiger partial charge in [-0.3, -0.25) is 9.89 Å². The van der Waals surface area contributed by atoms with Crippen LogP contribution in [0.1, 0.15) is 34.8 Å². The maximum atomic E-state index is 13.4. The first-order valence-corrected chi connectivity index (χ1v) is 8.41. The molecule has 8 heteroatoms. The summed E-state index contributed by atoms with van der Waals surface area (Å²) in [5.74, 6) is -1.48. The highest BCUT2D eigenvalue weighted by atomic mass is 19.2. The number of hydrogen-bond acceptors (Lipinski definition) is 3. The summed E-state index contributed by atoms with van der Waals surface area (Å²) in [6.45, 7) is 1.09. The summed E-state index contributed by atoms with van der Waals surface area (Å²) in [7, 11) is 0. The van der Waals surface area contributed by atoms with Gasteiger partial charge >= 0.3 is 0 Å². The predicted molar refractivity (Wildman–Crippen MR) is 90.4 cm³/mol. The van der Waals surface area contributed by atoms with Gasteiger partial charge in [0.15, 0.2) is 17.5 Å². The van der Waals surface area contributed by atoms with Crippen LogP contribution in [0.2, 0.25) is 0 Å². The summed E-state index contributed by atoms with van der Waals surface area (Å²) in [6.07, 6.45) is 5.13. The molecule has 1 atom stereocenters. The van der Waals surface area contributed by atoms with Crippen molar-refractivity contribution < 1.29 is 13.6 Å². The number of aromatic amines is 2. The highest BCUT2D eigenvalue weighted by molar-refractivity contribution is 5.94. The molecule has 3 heterocycles. The molecule has 1 aliphatic heterocycles. The Morgan fingerprint density at radius 2 is 2.12 bits per heavy atom. The number of halogens is 2. The lowest BCUT2D eigenvalue weighted by Crippen LogP contribution is -2.39. The average molecular weight is 357 g/mol. The van der Waals surface area contributed by atoms with E-state index in [1.165, 1.54) is 6.07 Å². The van der Waals surface area contributed by atoms with Gasteiger partial charge in [0.2, 0.25) is 0 Å². The van der Waals surface area contributed by atoms with Crippen molar-refractivity contribution in [2.75, 3.05) is 13.1 Å². The van der Waals surface area contributed by atoms with E-state index < -0.39 is 11.6 Å². The molecule has 3 aromatic rings. The van der Waals surface area contributed by atoms with E-state index >= 15 is 0 Å². The second-order valence-electron chi connectivity index (χ2n) is 6.37. The lowest BCUT2D eigenvalue weighted by atomic mass is 9.94. The minimum absolute atomic E-state index is 0.106. The lowest BCUT2D eigenvalue weighted by molar-refractivity contribution is 0.0705. The second-order valence-corrected chi connectivity index (χ2v) is 6.37. The van der Waals surface area contributed by atoms with E-state index in [1.54, 1.807) is 17.3 Å². The molecular weight excluding hydrogens is 340 g/mol. The van der Waals surface area contributed by atoms with Gasteiger partial charge in [-0.2, -0.15) is 5.10 Å². The number of nitrogens with zero attached hydrogens (tertiary/aromatic N) is 3. The predicted octanol–water partition coefficient (Wildman–Crippen LogP) is 3.10. The number of hydrogen-bond donors (Lipinski definition) is 2. The van der Waals surface area contributed by atoms with E-state index in [0.29, 0.717) is 24.6 Å². The first kappa shape index (κ1) is 16.4. The van der Waals surface area contributed by atoms with Gasteiger partial charge in [0, 0.05) is 42.7 Å². The largest absolute Gasteiger partial charge is 0.343 e. The van der Waals surface area contributed by atoms with Gasteiger partial charge in [-0.1, -0.05) is 0 Å². The van der Waals surface area contributed by atoms with Gasteiger partial charge < -0.3 is 9.88 Å². The topological polar surface area (TPSA) is 77.7 Å². The number of H-pyrrole nitrogens is 2. The van der Waals surface area contributed by atoms with E-state index in [9.17, 15) is 13.6 Å². The summed E-state index contributed by atoms with van der Waals surface area (Å²) in [4.78, 5) is 21.5. The van der Waals surface area contributed by atoms with E-state index in [-0.39, 0.29) is 17.4 Å². The Morgan fingerprint density at radius 1 is 1.23 bits per heavy atom. The van der Waals surface area contributed by atoms with Crippen molar-refractivity contribution in [1.29, 1.82) is 0 Å². The molecule has 0 spiro atoms. The van der Waals surface area contributed by atoms with Gasteiger partial charge in [0.05, 0.1) is 0 Å². The lowest BCUT2D eigenvalue weighted by Gasteiger charge is -2.32. The fourth-order valence-corrected chi connectivity index (χ4v) is 3.30. The molecule has 1 saturated heterocycles. The molecule has 1 amide bonds. The summed E-state index contributed by atoms with van der Waals surface area (Å²) in [5.41, 5.74) is 1.80. The van der Waals surface area contributed by atoms with Gasteiger partial charge in [0.1, 0.15) is 5.69 Å². The third-order valence-corrected chi connectivity index (χ3v) is 4.65. The molecule has 0 radical (unpaired) electrons. The Hall–Kier alpha value is -3.03. The zero-order valence-corrected chi connectivity index (χ0v) is 13.9. The van der Waals surface area contributed by atoms with E-state index in [2.05, 4.69) is 20.2 Å². The summed E-state index contributed by atoms with van der Waals surface area (Å²) in [5, 5.41) is 7.29. The number of benzene rings is 1.